The van der Waals surface area contributed by atoms with Gasteiger partial charge in [-0.3, -0.25) is 5.43 Å². The second-order valence-electron chi connectivity index (χ2n) is 5.70. The lowest BCUT2D eigenvalue weighted by Gasteiger charge is -2.06. The molecule has 0 amide bonds. The van der Waals surface area contributed by atoms with Gasteiger partial charge in [0.2, 0.25) is 0 Å². The second-order valence-corrected chi connectivity index (χ2v) is 6.09. The van der Waals surface area contributed by atoms with Gasteiger partial charge in [-0.05, 0) is 18.6 Å². The van der Waals surface area contributed by atoms with E-state index in [1.807, 2.05) is 37.3 Å². The number of aromatic hydroxyl groups is 1. The fraction of sp³-hybridized carbons (Fsp3) is 0.150. The van der Waals surface area contributed by atoms with E-state index in [1.54, 1.807) is 24.3 Å². The summed E-state index contributed by atoms with van der Waals surface area (Å²) in [6.07, 6.45) is 2.40. The molecule has 0 spiro atoms. The average Bonchev–Trinajstić information content (AvgIpc) is 2.68. The number of nitrogens with one attached hydrogen (secondary N) is 1. The van der Waals surface area contributed by atoms with Gasteiger partial charge in [-0.25, -0.2) is 9.97 Å². The maximum atomic E-state index is 10.1. The van der Waals surface area contributed by atoms with E-state index in [-0.39, 0.29) is 5.75 Å². The van der Waals surface area contributed by atoms with Crippen molar-refractivity contribution in [1.29, 1.82) is 0 Å². The van der Waals surface area contributed by atoms with Crippen LogP contribution in [-0.4, -0.2) is 27.9 Å². The van der Waals surface area contributed by atoms with Crippen LogP contribution in [-0.2, 0) is 0 Å². The van der Waals surface area contributed by atoms with Crippen molar-refractivity contribution in [3.63, 3.8) is 0 Å². The summed E-state index contributed by atoms with van der Waals surface area (Å²) in [5.41, 5.74) is 4.22. The average molecular weight is 383 g/mol. The molecule has 7 heteroatoms. The molecule has 0 fully saturated rings. The minimum atomic E-state index is 0.0832. The minimum absolute atomic E-state index is 0.0832. The SMILES string of the molecule is CCCOc1ccc(/C=N/Nc2cc(Cl)nc(-c3ccccc3)n2)c(O)c1. The lowest BCUT2D eigenvalue weighted by Crippen LogP contribution is -1.98. The fourth-order valence-corrected chi connectivity index (χ4v) is 2.48. The first kappa shape index (κ1) is 18.7. The number of rotatable bonds is 7. The topological polar surface area (TPSA) is 79.6 Å². The molecule has 0 atom stereocenters. The second kappa shape index (κ2) is 9.00. The van der Waals surface area contributed by atoms with Crippen LogP contribution in [0.25, 0.3) is 11.4 Å². The Morgan fingerprint density at radius 3 is 2.70 bits per heavy atom. The summed E-state index contributed by atoms with van der Waals surface area (Å²) in [4.78, 5) is 8.63. The summed E-state index contributed by atoms with van der Waals surface area (Å²) in [5.74, 6) is 1.66. The van der Waals surface area contributed by atoms with Gasteiger partial charge in [0.1, 0.15) is 16.7 Å². The molecule has 0 bridgehead atoms. The van der Waals surface area contributed by atoms with Crippen molar-refractivity contribution in [2.75, 3.05) is 12.0 Å². The van der Waals surface area contributed by atoms with E-state index in [0.717, 1.165) is 12.0 Å². The van der Waals surface area contributed by atoms with Gasteiger partial charge < -0.3 is 9.84 Å². The number of phenols is 1. The van der Waals surface area contributed by atoms with Crippen LogP contribution in [0.1, 0.15) is 18.9 Å². The summed E-state index contributed by atoms with van der Waals surface area (Å²) >= 11 is 6.08. The Morgan fingerprint density at radius 2 is 1.96 bits per heavy atom. The largest absolute Gasteiger partial charge is 0.507 e. The molecular formula is C20H19ClN4O2. The van der Waals surface area contributed by atoms with E-state index in [1.165, 1.54) is 6.21 Å². The van der Waals surface area contributed by atoms with Gasteiger partial charge in [-0.2, -0.15) is 5.10 Å². The van der Waals surface area contributed by atoms with Crippen LogP contribution in [0.15, 0.2) is 59.7 Å². The van der Waals surface area contributed by atoms with Crippen LogP contribution >= 0.6 is 11.6 Å². The van der Waals surface area contributed by atoms with Crippen molar-refractivity contribution in [3.8, 4) is 22.9 Å². The number of ether oxygens (including phenoxy) is 1. The molecule has 0 saturated heterocycles. The van der Waals surface area contributed by atoms with Crippen LogP contribution < -0.4 is 10.2 Å². The van der Waals surface area contributed by atoms with Crippen molar-refractivity contribution >= 4 is 23.6 Å². The highest BCUT2D eigenvalue weighted by Crippen LogP contribution is 2.23. The molecule has 3 rings (SSSR count). The van der Waals surface area contributed by atoms with E-state index < -0.39 is 0 Å². The zero-order valence-electron chi connectivity index (χ0n) is 14.8. The van der Waals surface area contributed by atoms with Gasteiger partial charge in [-0.15, -0.1) is 0 Å². The number of aromatic nitrogens is 2. The number of benzene rings is 2. The molecule has 2 aromatic carbocycles. The number of anilines is 1. The zero-order valence-corrected chi connectivity index (χ0v) is 15.5. The van der Waals surface area contributed by atoms with Crippen LogP contribution in [0.2, 0.25) is 5.15 Å². The molecule has 3 aromatic rings. The van der Waals surface area contributed by atoms with Gasteiger partial charge >= 0.3 is 0 Å². The third-order valence-corrected chi connectivity index (χ3v) is 3.78. The third-order valence-electron chi connectivity index (χ3n) is 3.58. The first-order valence-corrected chi connectivity index (χ1v) is 8.88. The molecule has 0 aliphatic heterocycles. The van der Waals surface area contributed by atoms with Gasteiger partial charge in [0, 0.05) is 23.3 Å². The molecule has 1 heterocycles. The Kier molecular flexibility index (Phi) is 6.22. The Morgan fingerprint density at radius 1 is 1.15 bits per heavy atom. The van der Waals surface area contributed by atoms with Crippen LogP contribution in [0, 0.1) is 0 Å². The van der Waals surface area contributed by atoms with Crippen molar-refractivity contribution in [1.82, 2.24) is 9.97 Å². The van der Waals surface area contributed by atoms with E-state index in [0.29, 0.717) is 34.7 Å². The van der Waals surface area contributed by atoms with Crippen molar-refractivity contribution < 1.29 is 9.84 Å². The molecule has 138 valence electrons. The standard InChI is InChI=1S/C20H19ClN4O2/c1-2-10-27-16-9-8-15(17(26)11-16)13-22-25-19-12-18(21)23-20(24-19)14-6-4-3-5-7-14/h3-9,11-13,26H,2,10H2,1H3,(H,23,24,25)/b22-13+. The number of nitrogens with zero attached hydrogens (tertiary/aromatic N) is 3. The number of hydrogen-bond donors (Lipinski definition) is 2. The molecule has 6 nitrogen and oxygen atoms in total. The van der Waals surface area contributed by atoms with Gasteiger partial charge in [0.25, 0.3) is 0 Å². The molecule has 0 radical (unpaired) electrons. The van der Waals surface area contributed by atoms with Gasteiger partial charge in [0.05, 0.1) is 12.8 Å². The lowest BCUT2D eigenvalue weighted by atomic mass is 10.2. The highest BCUT2D eigenvalue weighted by atomic mass is 35.5. The van der Waals surface area contributed by atoms with Crippen LogP contribution in [0.3, 0.4) is 0 Å². The van der Waals surface area contributed by atoms with E-state index >= 15 is 0 Å². The molecule has 27 heavy (non-hydrogen) atoms. The summed E-state index contributed by atoms with van der Waals surface area (Å²) in [6, 6.07) is 16.2. The van der Waals surface area contributed by atoms with E-state index in [4.69, 9.17) is 16.3 Å². The summed E-state index contributed by atoms with van der Waals surface area (Å²) in [6.45, 7) is 2.63. The molecule has 0 aliphatic carbocycles. The number of halogens is 1. The Balaban J connectivity index is 1.72. The minimum Gasteiger partial charge on any atom is -0.507 e. The summed E-state index contributed by atoms with van der Waals surface area (Å²) in [5, 5.41) is 14.5. The molecule has 1 aromatic heterocycles. The van der Waals surface area contributed by atoms with E-state index in [9.17, 15) is 5.11 Å². The Hall–Kier alpha value is -3.12. The third kappa shape index (κ3) is 5.18. The van der Waals surface area contributed by atoms with E-state index in [2.05, 4.69) is 20.5 Å². The highest BCUT2D eigenvalue weighted by molar-refractivity contribution is 6.29. The quantitative estimate of drug-likeness (QED) is 0.350. The monoisotopic (exact) mass is 382 g/mol. The molecular weight excluding hydrogens is 364 g/mol. The lowest BCUT2D eigenvalue weighted by molar-refractivity contribution is 0.315. The van der Waals surface area contributed by atoms with Crippen LogP contribution in [0.4, 0.5) is 5.82 Å². The first-order chi connectivity index (χ1) is 13.2. The van der Waals surface area contributed by atoms with Crippen molar-refractivity contribution in [2.24, 2.45) is 5.10 Å². The van der Waals surface area contributed by atoms with Crippen molar-refractivity contribution in [3.05, 3.63) is 65.3 Å². The molecule has 0 aliphatic rings. The fourth-order valence-electron chi connectivity index (χ4n) is 2.30. The van der Waals surface area contributed by atoms with Crippen LogP contribution in [0.5, 0.6) is 11.5 Å². The Labute approximate surface area is 162 Å². The number of hydrazone groups is 1. The maximum Gasteiger partial charge on any atom is 0.163 e. The highest BCUT2D eigenvalue weighted by Gasteiger charge is 2.05. The maximum absolute atomic E-state index is 10.1. The molecule has 2 N–H and O–H groups in total. The van der Waals surface area contributed by atoms with Crippen molar-refractivity contribution in [2.45, 2.75) is 13.3 Å². The summed E-state index contributed by atoms with van der Waals surface area (Å²) < 4.78 is 5.48. The Bertz CT molecular complexity index is 933. The summed E-state index contributed by atoms with van der Waals surface area (Å²) in [7, 11) is 0. The number of phenolic OH excluding ortho intramolecular Hbond substituents is 1. The molecule has 0 saturated carbocycles. The van der Waals surface area contributed by atoms with Gasteiger partial charge in [-0.1, -0.05) is 48.9 Å². The molecule has 0 unspecified atom stereocenters. The predicted octanol–water partition coefficient (Wildman–Crippen LogP) is 4.74. The normalized spacial score (nSPS) is 10.9. The predicted molar refractivity (Wildman–Crippen MR) is 108 cm³/mol. The smallest absolute Gasteiger partial charge is 0.163 e. The number of hydrogen-bond acceptors (Lipinski definition) is 6. The zero-order chi connectivity index (χ0) is 19.1. The van der Waals surface area contributed by atoms with Gasteiger partial charge in [0.15, 0.2) is 11.6 Å². The first-order valence-electron chi connectivity index (χ1n) is 8.50.